The predicted octanol–water partition coefficient (Wildman–Crippen LogP) is 15.5. The molecule has 0 aliphatic carbocycles. The number of unbranched alkanes of at least 4 members (excludes halogenated alkanes) is 23. The third kappa shape index (κ3) is 44.0. The van der Waals surface area contributed by atoms with E-state index in [-0.39, 0.29) is 37.5 Å². The van der Waals surface area contributed by atoms with Crippen LogP contribution in [0, 0.1) is 0 Å². The highest BCUT2D eigenvalue weighted by atomic mass is 16.6. The lowest BCUT2D eigenvalue weighted by molar-refractivity contribution is -0.167. The number of ether oxygens (including phenoxy) is 3. The second-order valence-corrected chi connectivity index (χ2v) is 15.8. The molecule has 0 aliphatic heterocycles. The smallest absolute Gasteiger partial charge is 0.306 e. The molecule has 0 aliphatic rings. The molecule has 0 amide bonds. The van der Waals surface area contributed by atoms with Crippen LogP contribution in [-0.4, -0.2) is 37.2 Å². The highest BCUT2D eigenvalue weighted by Crippen LogP contribution is 2.15. The Morgan fingerprint density at radius 1 is 0.362 bits per heavy atom. The van der Waals surface area contributed by atoms with Gasteiger partial charge < -0.3 is 14.2 Å². The molecule has 6 nitrogen and oxygen atoms in total. The molecule has 332 valence electrons. The number of allylic oxidation sites excluding steroid dienone is 12. The second-order valence-electron chi connectivity index (χ2n) is 15.8. The Bertz CT molecular complexity index is 1110. The average Bonchev–Trinajstić information content (AvgIpc) is 3.22. The predicted molar refractivity (Wildman–Crippen MR) is 247 cm³/mol. The lowest BCUT2D eigenvalue weighted by atomic mass is 10.0. The molecule has 0 bridgehead atoms. The summed E-state index contributed by atoms with van der Waals surface area (Å²) in [6.45, 7) is 6.38. The molecule has 58 heavy (non-hydrogen) atoms. The van der Waals surface area contributed by atoms with Crippen LogP contribution in [-0.2, 0) is 28.6 Å². The first-order valence-electron chi connectivity index (χ1n) is 24.0. The zero-order chi connectivity index (χ0) is 42.3. The molecule has 0 rings (SSSR count). The minimum absolute atomic E-state index is 0.105. The van der Waals surface area contributed by atoms with Gasteiger partial charge in [0.05, 0.1) is 0 Å². The Morgan fingerprint density at radius 3 is 1.19 bits per heavy atom. The first-order valence-corrected chi connectivity index (χ1v) is 24.0. The van der Waals surface area contributed by atoms with Gasteiger partial charge in [-0.1, -0.05) is 222 Å². The first-order chi connectivity index (χ1) is 28.5. The van der Waals surface area contributed by atoms with Crippen molar-refractivity contribution in [1.29, 1.82) is 0 Å². The summed E-state index contributed by atoms with van der Waals surface area (Å²) in [6, 6.07) is 0. The van der Waals surface area contributed by atoms with Gasteiger partial charge in [0, 0.05) is 19.3 Å². The van der Waals surface area contributed by atoms with Gasteiger partial charge in [-0.2, -0.15) is 0 Å². The normalized spacial score (nSPS) is 12.7. The van der Waals surface area contributed by atoms with E-state index in [1.54, 1.807) is 0 Å². The molecule has 0 radical (unpaired) electrons. The third-order valence-corrected chi connectivity index (χ3v) is 10.1. The maximum absolute atomic E-state index is 12.7. The van der Waals surface area contributed by atoms with E-state index in [2.05, 4.69) is 39.0 Å². The fourth-order valence-corrected chi connectivity index (χ4v) is 6.45. The van der Waals surface area contributed by atoms with E-state index in [9.17, 15) is 14.4 Å². The van der Waals surface area contributed by atoms with Crippen LogP contribution in [0.15, 0.2) is 72.9 Å². The van der Waals surface area contributed by atoms with Crippen molar-refractivity contribution < 1.29 is 28.6 Å². The van der Waals surface area contributed by atoms with Crippen LogP contribution in [0.3, 0.4) is 0 Å². The highest BCUT2D eigenvalue weighted by Gasteiger charge is 2.19. The van der Waals surface area contributed by atoms with Crippen molar-refractivity contribution in [3.8, 4) is 0 Å². The van der Waals surface area contributed by atoms with Crippen molar-refractivity contribution >= 4 is 17.9 Å². The van der Waals surface area contributed by atoms with Gasteiger partial charge >= 0.3 is 17.9 Å². The number of carbonyl (C=O) groups excluding carboxylic acids is 3. The molecule has 0 saturated carbocycles. The maximum atomic E-state index is 12.7. The molecule has 1 unspecified atom stereocenters. The maximum Gasteiger partial charge on any atom is 0.306 e. The summed E-state index contributed by atoms with van der Waals surface area (Å²) in [5.74, 6) is -0.991. The van der Waals surface area contributed by atoms with Crippen LogP contribution >= 0.6 is 0 Å². The molecular weight excluding hydrogens is 721 g/mol. The largest absolute Gasteiger partial charge is 0.462 e. The summed E-state index contributed by atoms with van der Waals surface area (Å²) in [6.07, 6.45) is 57.5. The van der Waals surface area contributed by atoms with Crippen molar-refractivity contribution in [2.75, 3.05) is 13.2 Å². The molecule has 0 aromatic carbocycles. The summed E-state index contributed by atoms with van der Waals surface area (Å²) < 4.78 is 16.7. The van der Waals surface area contributed by atoms with Crippen LogP contribution in [0.25, 0.3) is 0 Å². The number of hydrogen-bond acceptors (Lipinski definition) is 6. The summed E-state index contributed by atoms with van der Waals surface area (Å²) in [5, 5.41) is 0. The van der Waals surface area contributed by atoms with Gasteiger partial charge in [0.25, 0.3) is 0 Å². The van der Waals surface area contributed by atoms with E-state index in [1.807, 2.05) is 54.7 Å². The van der Waals surface area contributed by atoms with Gasteiger partial charge in [-0.25, -0.2) is 0 Å². The fraction of sp³-hybridized carbons (Fsp3) is 0.712. The molecule has 0 fully saturated rings. The van der Waals surface area contributed by atoms with Crippen LogP contribution in [0.4, 0.5) is 0 Å². The topological polar surface area (TPSA) is 78.9 Å². The molecule has 0 heterocycles. The standard InChI is InChI=1S/C52H88O6/c1-4-7-10-13-16-19-22-24-25-26-28-30-33-36-39-42-45-51(54)57-48-49(47-56-50(53)44-41-38-35-32-29-21-18-15-12-9-6-3)58-52(55)46-43-40-37-34-31-27-23-20-17-14-11-8-5-2/h8,11,14-15,17-18,20,23,27,31,34,37,49H,4-7,9-10,12-13,16,19,21-22,24-26,28-30,32-33,35-36,38-48H2,1-3H3/b11-8-,17-14-,18-15-,23-20-,31-27-,37-34-. The Hall–Kier alpha value is -3.15. The highest BCUT2D eigenvalue weighted by molar-refractivity contribution is 5.71. The van der Waals surface area contributed by atoms with E-state index in [1.165, 1.54) is 109 Å². The summed E-state index contributed by atoms with van der Waals surface area (Å²) in [7, 11) is 0. The lowest BCUT2D eigenvalue weighted by Gasteiger charge is -2.18. The molecule has 0 saturated heterocycles. The van der Waals surface area contributed by atoms with Crippen LogP contribution in [0.2, 0.25) is 0 Å². The molecule has 0 aromatic heterocycles. The molecule has 0 spiro atoms. The second kappa shape index (κ2) is 46.5. The number of carbonyl (C=O) groups is 3. The molecule has 1 atom stereocenters. The summed E-state index contributed by atoms with van der Waals surface area (Å²) in [4.78, 5) is 37.8. The third-order valence-electron chi connectivity index (χ3n) is 10.1. The zero-order valence-corrected chi connectivity index (χ0v) is 37.8. The Morgan fingerprint density at radius 2 is 0.724 bits per heavy atom. The van der Waals surface area contributed by atoms with Crippen molar-refractivity contribution in [3.63, 3.8) is 0 Å². The Labute approximate surface area is 357 Å². The van der Waals surface area contributed by atoms with Crippen LogP contribution < -0.4 is 0 Å². The van der Waals surface area contributed by atoms with Gasteiger partial charge in [-0.15, -0.1) is 0 Å². The summed E-state index contributed by atoms with van der Waals surface area (Å²) >= 11 is 0. The number of esters is 3. The van der Waals surface area contributed by atoms with E-state index in [0.29, 0.717) is 19.3 Å². The van der Waals surface area contributed by atoms with Crippen molar-refractivity contribution in [1.82, 2.24) is 0 Å². The van der Waals surface area contributed by atoms with E-state index >= 15 is 0 Å². The summed E-state index contributed by atoms with van der Waals surface area (Å²) in [5.41, 5.74) is 0. The zero-order valence-electron chi connectivity index (χ0n) is 37.8. The van der Waals surface area contributed by atoms with Gasteiger partial charge in [0.15, 0.2) is 6.10 Å². The minimum atomic E-state index is -0.812. The van der Waals surface area contributed by atoms with Crippen molar-refractivity contribution in [2.24, 2.45) is 0 Å². The van der Waals surface area contributed by atoms with Crippen LogP contribution in [0.1, 0.15) is 220 Å². The number of rotatable bonds is 42. The minimum Gasteiger partial charge on any atom is -0.462 e. The molecule has 6 heteroatoms. The van der Waals surface area contributed by atoms with Gasteiger partial charge in [-0.3, -0.25) is 14.4 Å². The Balaban J connectivity index is 4.45. The average molecular weight is 809 g/mol. The monoisotopic (exact) mass is 809 g/mol. The molecule has 0 N–H and O–H groups in total. The van der Waals surface area contributed by atoms with Gasteiger partial charge in [0.2, 0.25) is 0 Å². The SMILES string of the molecule is CC\C=C/C=C\C=C/C=C\C=C/CCCC(=O)OC(COC(=O)CCCCCCC/C=C\CCCC)COC(=O)CCCCCCCCCCCCCCCCCC. The van der Waals surface area contributed by atoms with Gasteiger partial charge in [0.1, 0.15) is 13.2 Å². The van der Waals surface area contributed by atoms with E-state index in [0.717, 1.165) is 64.2 Å². The number of hydrogen-bond donors (Lipinski definition) is 0. The van der Waals surface area contributed by atoms with E-state index < -0.39 is 6.10 Å². The quantitative estimate of drug-likeness (QED) is 0.0201. The van der Waals surface area contributed by atoms with Crippen molar-refractivity contribution in [3.05, 3.63) is 72.9 Å². The van der Waals surface area contributed by atoms with Crippen LogP contribution in [0.5, 0.6) is 0 Å². The fourth-order valence-electron chi connectivity index (χ4n) is 6.45. The lowest BCUT2D eigenvalue weighted by Crippen LogP contribution is -2.30. The molecule has 0 aromatic rings. The molecular formula is C52H88O6. The van der Waals surface area contributed by atoms with E-state index in [4.69, 9.17) is 14.2 Å². The van der Waals surface area contributed by atoms with Gasteiger partial charge in [-0.05, 0) is 51.4 Å². The Kier molecular flexibility index (Phi) is 44.0. The first kappa shape index (κ1) is 54.9. The van der Waals surface area contributed by atoms with Crippen molar-refractivity contribution in [2.45, 2.75) is 226 Å².